The average Bonchev–Trinajstić information content (AvgIpc) is 3.28. The molecule has 6 rings (SSSR count). The molecule has 2 N–H and O–H groups in total. The summed E-state index contributed by atoms with van der Waals surface area (Å²) >= 11 is 2.74. The van der Waals surface area contributed by atoms with Gasteiger partial charge in [0.1, 0.15) is 23.4 Å². The maximum absolute atomic E-state index is 14.9. The molecule has 3 aromatic heterocycles. The van der Waals surface area contributed by atoms with Crippen LogP contribution in [0.15, 0.2) is 54.6 Å². The minimum atomic E-state index is -1.47. The van der Waals surface area contributed by atoms with Crippen molar-refractivity contribution in [1.82, 2.24) is 15.0 Å². The molecule has 0 spiro atoms. The predicted octanol–water partition coefficient (Wildman–Crippen LogP) is 7.13. The molecule has 1 aliphatic rings. The highest BCUT2D eigenvalue weighted by Crippen LogP contribution is 2.51. The lowest BCUT2D eigenvalue weighted by molar-refractivity contribution is -0.140. The SMILES string of the molecule is C[C@@H](OC(=O)Nc1c(-c2cc3sc(-c4cc(F)c(C5(C(=O)O)CC5)c(F)c4)cc3s2)nnn1C)c1ccccc1. The number of nitrogens with one attached hydrogen (secondary N) is 1. The first-order valence-electron chi connectivity index (χ1n) is 12.4. The van der Waals surface area contributed by atoms with Gasteiger partial charge in [0.2, 0.25) is 0 Å². The van der Waals surface area contributed by atoms with Gasteiger partial charge >= 0.3 is 12.1 Å². The quantitative estimate of drug-likeness (QED) is 0.212. The Balaban J connectivity index is 1.24. The lowest BCUT2D eigenvalue weighted by Crippen LogP contribution is -2.22. The van der Waals surface area contributed by atoms with Gasteiger partial charge in [-0.15, -0.1) is 27.8 Å². The second kappa shape index (κ2) is 9.79. The Labute approximate surface area is 234 Å². The summed E-state index contributed by atoms with van der Waals surface area (Å²) in [5.74, 6) is -2.54. The Bertz CT molecular complexity index is 1720. The molecular formula is C28H22F2N4O4S2. The van der Waals surface area contributed by atoms with Crippen molar-refractivity contribution >= 4 is 50.0 Å². The standard InChI is InChI=1S/C28H22F2N4O4S2/c1-14(15-6-4-3-5-7-15)38-27(37)31-25-24(32-33-34(25)2)22-13-21-20(40-22)12-19(39-21)16-10-17(29)23(18(30)11-16)28(8-9-28)26(35)36/h3-7,10-14H,8-9H2,1-2H3,(H,31,37)(H,35,36)/t14-/m1/s1. The van der Waals surface area contributed by atoms with Crippen LogP contribution in [0.25, 0.3) is 30.4 Å². The summed E-state index contributed by atoms with van der Waals surface area (Å²) in [5.41, 5.74) is -0.174. The first-order chi connectivity index (χ1) is 19.2. The highest BCUT2D eigenvalue weighted by Gasteiger charge is 2.55. The number of aliphatic carboxylic acids is 1. The number of thiophene rings is 2. The number of carboxylic acids is 1. The zero-order valence-electron chi connectivity index (χ0n) is 21.3. The topological polar surface area (TPSA) is 106 Å². The van der Waals surface area contributed by atoms with Crippen LogP contribution in [0.4, 0.5) is 19.4 Å². The first-order valence-corrected chi connectivity index (χ1v) is 14.0. The fourth-order valence-electron chi connectivity index (χ4n) is 4.71. The third-order valence-corrected chi connectivity index (χ3v) is 9.35. The molecule has 2 aromatic carbocycles. The number of anilines is 1. The molecule has 1 amide bonds. The molecule has 1 atom stereocenters. The number of benzene rings is 2. The Hall–Kier alpha value is -4.16. The van der Waals surface area contributed by atoms with E-state index < -0.39 is 35.2 Å². The Morgan fingerprint density at radius 3 is 2.30 bits per heavy atom. The number of carboxylic acid groups (broad SMARTS) is 1. The number of carbonyl (C=O) groups is 2. The van der Waals surface area contributed by atoms with Crippen molar-refractivity contribution in [2.45, 2.75) is 31.3 Å². The van der Waals surface area contributed by atoms with E-state index in [9.17, 15) is 23.5 Å². The lowest BCUT2D eigenvalue weighted by atomic mass is 9.93. The maximum Gasteiger partial charge on any atom is 0.413 e. The number of carbonyl (C=O) groups excluding carboxylic acids is 1. The van der Waals surface area contributed by atoms with Crippen LogP contribution in [-0.4, -0.2) is 32.2 Å². The molecule has 1 fully saturated rings. The van der Waals surface area contributed by atoms with Gasteiger partial charge in [0, 0.05) is 26.9 Å². The van der Waals surface area contributed by atoms with Gasteiger partial charge in [-0.25, -0.2) is 18.3 Å². The summed E-state index contributed by atoms with van der Waals surface area (Å²) in [6.07, 6.45) is -0.669. The van der Waals surface area contributed by atoms with Crippen LogP contribution in [0.2, 0.25) is 0 Å². The van der Waals surface area contributed by atoms with Crippen molar-refractivity contribution < 1.29 is 28.2 Å². The number of aromatic nitrogens is 3. The van der Waals surface area contributed by atoms with Gasteiger partial charge in [-0.05, 0) is 55.2 Å². The van der Waals surface area contributed by atoms with Crippen LogP contribution in [0.3, 0.4) is 0 Å². The van der Waals surface area contributed by atoms with E-state index in [1.54, 1.807) is 14.0 Å². The van der Waals surface area contributed by atoms with E-state index in [1.807, 2.05) is 42.5 Å². The van der Waals surface area contributed by atoms with Crippen molar-refractivity contribution in [2.24, 2.45) is 7.05 Å². The molecule has 204 valence electrons. The molecule has 1 saturated carbocycles. The zero-order chi connectivity index (χ0) is 28.2. The van der Waals surface area contributed by atoms with Gasteiger partial charge in [0.15, 0.2) is 5.82 Å². The predicted molar refractivity (Wildman–Crippen MR) is 149 cm³/mol. The number of amides is 1. The van der Waals surface area contributed by atoms with Gasteiger partial charge in [-0.1, -0.05) is 35.5 Å². The molecule has 3 heterocycles. The lowest BCUT2D eigenvalue weighted by Gasteiger charge is -2.14. The number of rotatable bonds is 7. The molecule has 12 heteroatoms. The summed E-state index contributed by atoms with van der Waals surface area (Å²) in [7, 11) is 1.66. The van der Waals surface area contributed by atoms with Crippen molar-refractivity contribution in [3.63, 3.8) is 0 Å². The molecule has 0 unspecified atom stereocenters. The van der Waals surface area contributed by atoms with E-state index in [4.69, 9.17) is 4.74 Å². The summed E-state index contributed by atoms with van der Waals surface area (Å²) < 4.78 is 38.5. The molecule has 0 bridgehead atoms. The molecular weight excluding hydrogens is 558 g/mol. The van der Waals surface area contributed by atoms with Gasteiger partial charge in [0.25, 0.3) is 0 Å². The maximum atomic E-state index is 14.9. The summed E-state index contributed by atoms with van der Waals surface area (Å²) in [6.45, 7) is 1.78. The minimum absolute atomic E-state index is 0.218. The molecule has 40 heavy (non-hydrogen) atoms. The van der Waals surface area contributed by atoms with Gasteiger partial charge < -0.3 is 9.84 Å². The van der Waals surface area contributed by atoms with Crippen molar-refractivity contribution in [3.05, 3.63) is 77.4 Å². The van der Waals surface area contributed by atoms with Crippen LogP contribution in [0.5, 0.6) is 0 Å². The van der Waals surface area contributed by atoms with E-state index in [-0.39, 0.29) is 18.4 Å². The summed E-state index contributed by atoms with van der Waals surface area (Å²) in [5, 5.41) is 20.5. The van der Waals surface area contributed by atoms with Crippen LogP contribution < -0.4 is 5.32 Å². The van der Waals surface area contributed by atoms with E-state index in [0.29, 0.717) is 22.0 Å². The largest absolute Gasteiger partial charge is 0.481 e. The number of hydrogen-bond acceptors (Lipinski definition) is 7. The van der Waals surface area contributed by atoms with Gasteiger partial charge in [-0.3, -0.25) is 10.1 Å². The van der Waals surface area contributed by atoms with E-state index in [0.717, 1.165) is 19.8 Å². The number of ether oxygens (including phenoxy) is 1. The minimum Gasteiger partial charge on any atom is -0.481 e. The highest BCUT2D eigenvalue weighted by atomic mass is 32.1. The van der Waals surface area contributed by atoms with E-state index in [1.165, 1.54) is 39.5 Å². The third-order valence-electron chi connectivity index (χ3n) is 7.01. The number of fused-ring (bicyclic) bond motifs is 1. The van der Waals surface area contributed by atoms with Crippen molar-refractivity contribution in [3.8, 4) is 21.0 Å². The molecule has 0 aliphatic heterocycles. The highest BCUT2D eigenvalue weighted by molar-refractivity contribution is 7.31. The number of halogens is 2. The fourth-order valence-corrected chi connectivity index (χ4v) is 7.07. The number of aryl methyl sites for hydroxylation is 1. The van der Waals surface area contributed by atoms with Crippen LogP contribution in [0.1, 0.15) is 37.0 Å². The van der Waals surface area contributed by atoms with Gasteiger partial charge in [-0.2, -0.15) is 0 Å². The Morgan fingerprint density at radius 2 is 1.68 bits per heavy atom. The summed E-state index contributed by atoms with van der Waals surface area (Å²) in [6, 6.07) is 15.5. The number of nitrogens with zero attached hydrogens (tertiary/aromatic N) is 3. The molecule has 8 nitrogen and oxygen atoms in total. The second-order valence-corrected chi connectivity index (χ2v) is 11.8. The van der Waals surface area contributed by atoms with E-state index in [2.05, 4.69) is 15.6 Å². The van der Waals surface area contributed by atoms with Crippen LogP contribution in [-0.2, 0) is 22.0 Å². The van der Waals surface area contributed by atoms with Crippen LogP contribution >= 0.6 is 22.7 Å². The Morgan fingerprint density at radius 1 is 1.05 bits per heavy atom. The molecule has 5 aromatic rings. The molecule has 1 aliphatic carbocycles. The third kappa shape index (κ3) is 4.52. The van der Waals surface area contributed by atoms with Gasteiger partial charge in [0.05, 0.1) is 10.3 Å². The molecule has 0 saturated heterocycles. The average molecular weight is 581 g/mol. The van der Waals surface area contributed by atoms with Crippen molar-refractivity contribution in [1.29, 1.82) is 0 Å². The van der Waals surface area contributed by atoms with E-state index >= 15 is 0 Å². The molecule has 0 radical (unpaired) electrons. The Kier molecular flexibility index (Phi) is 6.38. The fraction of sp³-hybridized carbons (Fsp3) is 0.214. The normalized spacial score (nSPS) is 14.7. The van der Waals surface area contributed by atoms with Crippen LogP contribution in [0, 0.1) is 11.6 Å². The monoisotopic (exact) mass is 580 g/mol. The smallest absolute Gasteiger partial charge is 0.413 e. The zero-order valence-corrected chi connectivity index (χ0v) is 22.9. The second-order valence-electron chi connectivity index (χ2n) is 9.65. The summed E-state index contributed by atoms with van der Waals surface area (Å²) in [4.78, 5) is 25.6. The van der Waals surface area contributed by atoms with Crippen molar-refractivity contribution in [2.75, 3.05) is 5.32 Å². The first kappa shape index (κ1) is 26.1. The number of hydrogen-bond donors (Lipinski definition) is 2.